The van der Waals surface area contributed by atoms with Gasteiger partial charge in [0.15, 0.2) is 0 Å². The third-order valence-electron chi connectivity index (χ3n) is 4.87. The number of benzene rings is 2. The molecule has 6 nitrogen and oxygen atoms in total. The molecule has 0 fully saturated rings. The van der Waals surface area contributed by atoms with Gasteiger partial charge < -0.3 is 14.8 Å². The Hall–Kier alpha value is -3.54. The normalized spacial score (nSPS) is 15.6. The van der Waals surface area contributed by atoms with Gasteiger partial charge in [0.25, 0.3) is 0 Å². The van der Waals surface area contributed by atoms with E-state index < -0.39 is 6.04 Å². The Balaban J connectivity index is 1.92. The monoisotopic (exact) mass is 389 g/mol. The van der Waals surface area contributed by atoms with E-state index in [9.17, 15) is 4.79 Å². The van der Waals surface area contributed by atoms with E-state index in [-0.39, 0.29) is 12.6 Å². The molecule has 6 heteroatoms. The molecule has 29 heavy (non-hydrogen) atoms. The van der Waals surface area contributed by atoms with Crippen molar-refractivity contribution in [3.63, 3.8) is 0 Å². The largest absolute Gasteiger partial charge is 0.494 e. The highest BCUT2D eigenvalue weighted by Crippen LogP contribution is 2.40. The minimum absolute atomic E-state index is 0.152. The van der Waals surface area contributed by atoms with Gasteiger partial charge in [0, 0.05) is 5.70 Å². The van der Waals surface area contributed by atoms with Crippen molar-refractivity contribution in [1.29, 1.82) is 0 Å². The van der Waals surface area contributed by atoms with E-state index in [2.05, 4.69) is 11.9 Å². The van der Waals surface area contributed by atoms with Crippen molar-refractivity contribution >= 4 is 23.0 Å². The molecule has 0 spiro atoms. The molecular formula is C23H23N3O3. The number of esters is 1. The first-order valence-electron chi connectivity index (χ1n) is 9.59. The number of nitrogens with one attached hydrogen (secondary N) is 1. The third kappa shape index (κ3) is 3.38. The van der Waals surface area contributed by atoms with Crippen molar-refractivity contribution in [2.75, 3.05) is 18.5 Å². The Labute approximate surface area is 169 Å². The molecule has 3 aromatic rings. The number of allylic oxidation sites excluding steroid dienone is 1. The number of carbonyl (C=O) groups is 1. The first-order chi connectivity index (χ1) is 14.1. The lowest BCUT2D eigenvalue weighted by Gasteiger charge is -2.30. The van der Waals surface area contributed by atoms with E-state index in [0.29, 0.717) is 23.8 Å². The van der Waals surface area contributed by atoms with Crippen LogP contribution in [0.15, 0.2) is 72.5 Å². The fraction of sp³-hybridized carbons (Fsp3) is 0.217. The van der Waals surface area contributed by atoms with Crippen molar-refractivity contribution in [3.8, 4) is 5.75 Å². The summed E-state index contributed by atoms with van der Waals surface area (Å²) in [6, 6.07) is 15.3. The van der Waals surface area contributed by atoms with Crippen LogP contribution in [0, 0.1) is 0 Å². The quantitative estimate of drug-likeness (QED) is 0.498. The SMILES string of the molecule is C=CCOC(=O)C1=C(C)Nc2nc3ccccc3n2[C@H]1c1cccc(OCC)c1. The molecule has 4 rings (SSSR count). The Kier molecular flexibility index (Phi) is 5.08. The molecule has 2 heterocycles. The predicted octanol–water partition coefficient (Wildman–Crippen LogP) is 4.45. The fourth-order valence-electron chi connectivity index (χ4n) is 3.70. The molecule has 1 aromatic heterocycles. The molecule has 2 aromatic carbocycles. The Morgan fingerprint density at radius 1 is 1.28 bits per heavy atom. The second-order valence-corrected chi connectivity index (χ2v) is 6.75. The summed E-state index contributed by atoms with van der Waals surface area (Å²) >= 11 is 0. The number of hydrogen-bond donors (Lipinski definition) is 1. The fourth-order valence-corrected chi connectivity index (χ4v) is 3.70. The molecule has 0 amide bonds. The number of hydrogen-bond acceptors (Lipinski definition) is 5. The lowest BCUT2D eigenvalue weighted by Crippen LogP contribution is -2.29. The minimum Gasteiger partial charge on any atom is -0.494 e. The van der Waals surface area contributed by atoms with Crippen molar-refractivity contribution < 1.29 is 14.3 Å². The summed E-state index contributed by atoms with van der Waals surface area (Å²) in [4.78, 5) is 17.7. The van der Waals surface area contributed by atoms with Gasteiger partial charge in [0.05, 0.1) is 29.3 Å². The van der Waals surface area contributed by atoms with Crippen molar-refractivity contribution in [3.05, 3.63) is 78.0 Å². The van der Waals surface area contributed by atoms with Crippen LogP contribution in [0.3, 0.4) is 0 Å². The molecule has 1 atom stereocenters. The third-order valence-corrected chi connectivity index (χ3v) is 4.87. The average molecular weight is 389 g/mol. The molecule has 1 N–H and O–H groups in total. The van der Waals surface area contributed by atoms with Gasteiger partial charge in [-0.2, -0.15) is 0 Å². The second kappa shape index (κ2) is 7.83. The molecule has 1 aliphatic rings. The van der Waals surface area contributed by atoms with Crippen LogP contribution in [0.4, 0.5) is 5.95 Å². The number of carbonyl (C=O) groups excluding carboxylic acids is 1. The maximum Gasteiger partial charge on any atom is 0.338 e. The smallest absolute Gasteiger partial charge is 0.338 e. The van der Waals surface area contributed by atoms with Gasteiger partial charge in [-0.3, -0.25) is 4.57 Å². The van der Waals surface area contributed by atoms with Gasteiger partial charge in [-0.05, 0) is 43.7 Å². The van der Waals surface area contributed by atoms with E-state index >= 15 is 0 Å². The number of anilines is 1. The summed E-state index contributed by atoms with van der Waals surface area (Å²) in [7, 11) is 0. The van der Waals surface area contributed by atoms with E-state index in [1.165, 1.54) is 0 Å². The summed E-state index contributed by atoms with van der Waals surface area (Å²) in [5.41, 5.74) is 3.97. The highest BCUT2D eigenvalue weighted by Gasteiger charge is 2.35. The molecule has 0 saturated heterocycles. The topological polar surface area (TPSA) is 65.4 Å². The van der Waals surface area contributed by atoms with Crippen LogP contribution in [-0.4, -0.2) is 28.7 Å². The zero-order chi connectivity index (χ0) is 20.4. The number of fused-ring (bicyclic) bond motifs is 3. The van der Waals surface area contributed by atoms with Gasteiger partial charge in [-0.1, -0.05) is 36.9 Å². The van der Waals surface area contributed by atoms with Crippen molar-refractivity contribution in [2.45, 2.75) is 19.9 Å². The molecule has 0 radical (unpaired) electrons. The van der Waals surface area contributed by atoms with Crippen LogP contribution in [0.5, 0.6) is 5.75 Å². The zero-order valence-electron chi connectivity index (χ0n) is 16.5. The minimum atomic E-state index is -0.392. The number of rotatable bonds is 6. The lowest BCUT2D eigenvalue weighted by molar-refractivity contribution is -0.138. The van der Waals surface area contributed by atoms with Gasteiger partial charge in [-0.25, -0.2) is 9.78 Å². The van der Waals surface area contributed by atoms with E-state index in [1.54, 1.807) is 6.08 Å². The standard InChI is InChI=1S/C23H23N3O3/c1-4-13-29-22(27)20-15(3)24-23-25-18-11-6-7-12-19(18)26(23)21(20)16-9-8-10-17(14-16)28-5-2/h4,6-12,14,21H,1,5,13H2,2-3H3,(H,24,25)/t21-/m0/s1. The van der Waals surface area contributed by atoms with Crippen molar-refractivity contribution in [2.24, 2.45) is 0 Å². The van der Waals surface area contributed by atoms with E-state index in [0.717, 1.165) is 22.3 Å². The van der Waals surface area contributed by atoms with Crippen LogP contribution in [-0.2, 0) is 9.53 Å². The molecule has 0 saturated carbocycles. The predicted molar refractivity (Wildman–Crippen MR) is 113 cm³/mol. The number of ether oxygens (including phenoxy) is 2. The van der Waals surface area contributed by atoms with Crippen LogP contribution in [0.1, 0.15) is 25.5 Å². The maximum absolute atomic E-state index is 13.0. The highest BCUT2D eigenvalue weighted by molar-refractivity contribution is 5.94. The Bertz CT molecular complexity index is 1110. The van der Waals surface area contributed by atoms with Crippen LogP contribution >= 0.6 is 0 Å². The molecule has 0 aliphatic carbocycles. The molecule has 0 bridgehead atoms. The Morgan fingerprint density at radius 3 is 2.90 bits per heavy atom. The maximum atomic E-state index is 13.0. The van der Waals surface area contributed by atoms with Crippen LogP contribution in [0.2, 0.25) is 0 Å². The zero-order valence-corrected chi connectivity index (χ0v) is 16.5. The van der Waals surface area contributed by atoms with Crippen LogP contribution in [0.25, 0.3) is 11.0 Å². The second-order valence-electron chi connectivity index (χ2n) is 6.75. The van der Waals surface area contributed by atoms with Crippen LogP contribution < -0.4 is 10.1 Å². The Morgan fingerprint density at radius 2 is 2.10 bits per heavy atom. The first-order valence-corrected chi connectivity index (χ1v) is 9.59. The van der Waals surface area contributed by atoms with Gasteiger partial charge >= 0.3 is 5.97 Å². The number of para-hydroxylation sites is 2. The summed E-state index contributed by atoms with van der Waals surface area (Å²) in [5, 5.41) is 3.27. The molecule has 0 unspecified atom stereocenters. The molecule has 148 valence electrons. The highest BCUT2D eigenvalue weighted by atomic mass is 16.5. The average Bonchev–Trinajstić information content (AvgIpc) is 3.09. The summed E-state index contributed by atoms with van der Waals surface area (Å²) in [5.74, 6) is 1.06. The first kappa shape index (κ1) is 18.8. The lowest BCUT2D eigenvalue weighted by atomic mass is 9.95. The van der Waals surface area contributed by atoms with E-state index in [4.69, 9.17) is 14.5 Å². The molecular weight excluding hydrogens is 366 g/mol. The van der Waals surface area contributed by atoms with Gasteiger partial charge in [-0.15, -0.1) is 0 Å². The van der Waals surface area contributed by atoms with E-state index in [1.807, 2.05) is 66.9 Å². The summed E-state index contributed by atoms with van der Waals surface area (Å²) in [6.45, 7) is 8.17. The van der Waals surface area contributed by atoms with Gasteiger partial charge in [0.2, 0.25) is 5.95 Å². The van der Waals surface area contributed by atoms with Crippen molar-refractivity contribution in [1.82, 2.24) is 9.55 Å². The summed E-state index contributed by atoms with van der Waals surface area (Å²) in [6.07, 6.45) is 1.56. The summed E-state index contributed by atoms with van der Waals surface area (Å²) < 4.78 is 13.1. The number of nitrogens with zero attached hydrogens (tertiary/aromatic N) is 2. The molecule has 1 aliphatic heterocycles. The van der Waals surface area contributed by atoms with Gasteiger partial charge in [0.1, 0.15) is 12.4 Å². The number of aromatic nitrogens is 2. The number of imidazole rings is 1.